The van der Waals surface area contributed by atoms with Crippen LogP contribution in [0.25, 0.3) is 0 Å². The van der Waals surface area contributed by atoms with E-state index in [1.807, 2.05) is 18.7 Å². The van der Waals surface area contributed by atoms with Crippen LogP contribution in [0.1, 0.15) is 13.3 Å². The molecular weight excluding hydrogens is 172 g/mol. The third kappa shape index (κ3) is 3.45. The van der Waals surface area contributed by atoms with Crippen molar-refractivity contribution in [2.45, 2.75) is 19.4 Å². The molecule has 1 fully saturated rings. The van der Waals surface area contributed by atoms with Crippen molar-refractivity contribution in [1.82, 2.24) is 10.6 Å². The summed E-state index contributed by atoms with van der Waals surface area (Å²) in [6, 6.07) is 0.418. The standard InChI is InChI=1S/C8H16N2OS/c1-2-9-5-8(11)10-7-3-4-12-6-7/h7,9H,2-6H2,1H3,(H,10,11). The summed E-state index contributed by atoms with van der Waals surface area (Å²) in [6.07, 6.45) is 1.13. The van der Waals surface area contributed by atoms with E-state index in [9.17, 15) is 4.79 Å². The maximum absolute atomic E-state index is 11.2. The number of hydrogen-bond acceptors (Lipinski definition) is 3. The molecule has 1 amide bonds. The van der Waals surface area contributed by atoms with Crippen molar-refractivity contribution in [2.75, 3.05) is 24.6 Å². The Balaban J connectivity index is 2.08. The van der Waals surface area contributed by atoms with E-state index in [0.717, 1.165) is 18.7 Å². The van der Waals surface area contributed by atoms with E-state index in [1.54, 1.807) is 0 Å². The number of carbonyl (C=O) groups is 1. The van der Waals surface area contributed by atoms with Gasteiger partial charge in [-0.25, -0.2) is 0 Å². The summed E-state index contributed by atoms with van der Waals surface area (Å²) in [6.45, 7) is 3.31. The highest BCUT2D eigenvalue weighted by Crippen LogP contribution is 2.16. The van der Waals surface area contributed by atoms with E-state index >= 15 is 0 Å². The Morgan fingerprint density at radius 1 is 1.67 bits per heavy atom. The zero-order valence-electron chi connectivity index (χ0n) is 7.43. The lowest BCUT2D eigenvalue weighted by molar-refractivity contribution is -0.120. The molecule has 1 aliphatic rings. The molecule has 0 aliphatic carbocycles. The molecule has 4 heteroatoms. The van der Waals surface area contributed by atoms with E-state index in [0.29, 0.717) is 12.6 Å². The number of likely N-dealkylation sites (N-methyl/N-ethyl adjacent to an activating group) is 1. The minimum Gasteiger partial charge on any atom is -0.351 e. The van der Waals surface area contributed by atoms with Gasteiger partial charge in [-0.2, -0.15) is 11.8 Å². The third-order valence-electron chi connectivity index (χ3n) is 1.83. The van der Waals surface area contributed by atoms with Gasteiger partial charge in [0.1, 0.15) is 0 Å². The van der Waals surface area contributed by atoms with E-state index in [-0.39, 0.29) is 5.91 Å². The van der Waals surface area contributed by atoms with Crippen molar-refractivity contribution < 1.29 is 4.79 Å². The predicted molar refractivity (Wildman–Crippen MR) is 52.4 cm³/mol. The lowest BCUT2D eigenvalue weighted by Crippen LogP contribution is -2.40. The van der Waals surface area contributed by atoms with Crippen LogP contribution in [0, 0.1) is 0 Å². The summed E-state index contributed by atoms with van der Waals surface area (Å²) in [5.74, 6) is 2.40. The molecule has 12 heavy (non-hydrogen) atoms. The first kappa shape index (κ1) is 9.86. The van der Waals surface area contributed by atoms with Crippen LogP contribution in [0.2, 0.25) is 0 Å². The molecule has 2 N–H and O–H groups in total. The van der Waals surface area contributed by atoms with E-state index in [2.05, 4.69) is 10.6 Å². The van der Waals surface area contributed by atoms with Crippen LogP contribution in [0.3, 0.4) is 0 Å². The highest BCUT2D eigenvalue weighted by molar-refractivity contribution is 7.99. The molecule has 1 saturated heterocycles. The van der Waals surface area contributed by atoms with E-state index in [4.69, 9.17) is 0 Å². The molecule has 1 aliphatic heterocycles. The first-order valence-corrected chi connectivity index (χ1v) is 5.56. The molecule has 0 aromatic carbocycles. The van der Waals surface area contributed by atoms with Crippen molar-refractivity contribution in [3.05, 3.63) is 0 Å². The molecule has 0 radical (unpaired) electrons. The monoisotopic (exact) mass is 188 g/mol. The highest BCUT2D eigenvalue weighted by atomic mass is 32.2. The number of thioether (sulfide) groups is 1. The van der Waals surface area contributed by atoms with Gasteiger partial charge in [-0.15, -0.1) is 0 Å². The Morgan fingerprint density at radius 3 is 3.08 bits per heavy atom. The molecule has 0 aromatic rings. The molecule has 0 saturated carbocycles. The van der Waals surface area contributed by atoms with Crippen LogP contribution < -0.4 is 10.6 Å². The maximum atomic E-state index is 11.2. The van der Waals surface area contributed by atoms with Crippen LogP contribution in [0.15, 0.2) is 0 Å². The number of rotatable bonds is 4. The quantitative estimate of drug-likeness (QED) is 0.663. The Kier molecular flexibility index (Phi) is 4.46. The predicted octanol–water partition coefficient (Wildman–Crippen LogP) is 0.218. The summed E-state index contributed by atoms with van der Waals surface area (Å²) in [5, 5.41) is 5.99. The summed E-state index contributed by atoms with van der Waals surface area (Å²) in [7, 11) is 0. The van der Waals surface area contributed by atoms with Gasteiger partial charge in [0.15, 0.2) is 0 Å². The maximum Gasteiger partial charge on any atom is 0.234 e. The molecule has 0 spiro atoms. The highest BCUT2D eigenvalue weighted by Gasteiger charge is 2.16. The van der Waals surface area contributed by atoms with Crippen molar-refractivity contribution in [3.63, 3.8) is 0 Å². The zero-order valence-corrected chi connectivity index (χ0v) is 8.25. The SMILES string of the molecule is CCNCC(=O)NC1CCSC1. The normalized spacial score (nSPS) is 22.6. The minimum atomic E-state index is 0.129. The average Bonchev–Trinajstić information content (AvgIpc) is 2.53. The molecule has 0 aromatic heterocycles. The van der Waals surface area contributed by atoms with Gasteiger partial charge >= 0.3 is 0 Å². The van der Waals surface area contributed by atoms with Gasteiger partial charge in [-0.3, -0.25) is 4.79 Å². The van der Waals surface area contributed by atoms with Gasteiger partial charge in [-0.05, 0) is 18.7 Å². The Morgan fingerprint density at radius 2 is 2.50 bits per heavy atom. The summed E-state index contributed by atoms with van der Waals surface area (Å²) < 4.78 is 0. The fraction of sp³-hybridized carbons (Fsp3) is 0.875. The molecule has 1 rings (SSSR count). The van der Waals surface area contributed by atoms with Gasteiger partial charge in [0.25, 0.3) is 0 Å². The van der Waals surface area contributed by atoms with Gasteiger partial charge < -0.3 is 10.6 Å². The number of carbonyl (C=O) groups excluding carboxylic acids is 1. The Bertz CT molecular complexity index is 146. The van der Waals surface area contributed by atoms with Gasteiger partial charge in [-0.1, -0.05) is 6.92 Å². The van der Waals surface area contributed by atoms with Crippen molar-refractivity contribution >= 4 is 17.7 Å². The Labute approximate surface area is 77.7 Å². The lowest BCUT2D eigenvalue weighted by Gasteiger charge is -2.10. The summed E-state index contributed by atoms with van der Waals surface area (Å²) >= 11 is 1.91. The average molecular weight is 188 g/mol. The van der Waals surface area contributed by atoms with Crippen molar-refractivity contribution in [2.24, 2.45) is 0 Å². The van der Waals surface area contributed by atoms with Crippen LogP contribution in [0.4, 0.5) is 0 Å². The first-order chi connectivity index (χ1) is 5.83. The van der Waals surface area contributed by atoms with Crippen molar-refractivity contribution in [1.29, 1.82) is 0 Å². The number of nitrogens with one attached hydrogen (secondary N) is 2. The smallest absolute Gasteiger partial charge is 0.234 e. The zero-order chi connectivity index (χ0) is 8.81. The van der Waals surface area contributed by atoms with Crippen LogP contribution >= 0.6 is 11.8 Å². The molecule has 1 heterocycles. The second-order valence-electron chi connectivity index (χ2n) is 2.91. The second kappa shape index (κ2) is 5.43. The van der Waals surface area contributed by atoms with Gasteiger partial charge in [0.2, 0.25) is 5.91 Å². The van der Waals surface area contributed by atoms with E-state index in [1.165, 1.54) is 5.75 Å². The molecule has 1 atom stereocenters. The molecule has 70 valence electrons. The largest absolute Gasteiger partial charge is 0.351 e. The first-order valence-electron chi connectivity index (χ1n) is 4.40. The fourth-order valence-electron chi connectivity index (χ4n) is 1.17. The summed E-state index contributed by atoms with van der Waals surface area (Å²) in [5.41, 5.74) is 0. The third-order valence-corrected chi connectivity index (χ3v) is 2.99. The fourth-order valence-corrected chi connectivity index (χ4v) is 2.32. The van der Waals surface area contributed by atoms with Crippen LogP contribution in [-0.2, 0) is 4.79 Å². The lowest BCUT2D eigenvalue weighted by atomic mass is 10.2. The molecular formula is C8H16N2OS. The second-order valence-corrected chi connectivity index (χ2v) is 4.06. The Hall–Kier alpha value is -0.220. The van der Waals surface area contributed by atoms with Crippen molar-refractivity contribution in [3.8, 4) is 0 Å². The van der Waals surface area contributed by atoms with Gasteiger partial charge in [0.05, 0.1) is 6.54 Å². The van der Waals surface area contributed by atoms with Gasteiger partial charge in [0, 0.05) is 11.8 Å². The van der Waals surface area contributed by atoms with E-state index < -0.39 is 0 Å². The summed E-state index contributed by atoms with van der Waals surface area (Å²) in [4.78, 5) is 11.2. The molecule has 0 bridgehead atoms. The number of amides is 1. The van der Waals surface area contributed by atoms with Crippen LogP contribution in [-0.4, -0.2) is 36.5 Å². The molecule has 3 nitrogen and oxygen atoms in total. The number of hydrogen-bond donors (Lipinski definition) is 2. The topological polar surface area (TPSA) is 41.1 Å². The molecule has 1 unspecified atom stereocenters. The minimum absolute atomic E-state index is 0.129. The van der Waals surface area contributed by atoms with Crippen LogP contribution in [0.5, 0.6) is 0 Å².